The number of fused-ring (bicyclic) bond motifs is 3. The highest BCUT2D eigenvalue weighted by atomic mass is 19.4. The SMILES string of the molecule is Cc1nc2c(C(F)(F)F)c(F)nc(-c3ccccn3)c2c2c1C=CCO2. The topological polar surface area (TPSA) is 47.9 Å². The van der Waals surface area contributed by atoms with Gasteiger partial charge in [-0.25, -0.2) is 4.98 Å². The summed E-state index contributed by atoms with van der Waals surface area (Å²) in [6.45, 7) is 1.74. The summed E-state index contributed by atoms with van der Waals surface area (Å²) in [5.74, 6) is -1.43. The summed E-state index contributed by atoms with van der Waals surface area (Å²) < 4.78 is 60.4. The van der Waals surface area contributed by atoms with Gasteiger partial charge < -0.3 is 4.74 Å². The smallest absolute Gasteiger partial charge is 0.422 e. The molecule has 0 N–H and O–H groups in total. The molecule has 8 heteroatoms. The molecule has 132 valence electrons. The van der Waals surface area contributed by atoms with Gasteiger partial charge in [0.1, 0.15) is 23.6 Å². The summed E-state index contributed by atoms with van der Waals surface area (Å²) in [6, 6.07) is 4.82. The number of hydrogen-bond donors (Lipinski definition) is 0. The van der Waals surface area contributed by atoms with Crippen molar-refractivity contribution in [1.29, 1.82) is 0 Å². The molecule has 0 saturated carbocycles. The maximum Gasteiger partial charge on any atom is 0.422 e. The molecular formula is C18H11F4N3O. The second-order valence-corrected chi connectivity index (χ2v) is 5.72. The van der Waals surface area contributed by atoms with Crippen molar-refractivity contribution in [2.45, 2.75) is 13.1 Å². The van der Waals surface area contributed by atoms with Crippen molar-refractivity contribution in [3.05, 3.63) is 53.2 Å². The monoisotopic (exact) mass is 361 g/mol. The maximum atomic E-state index is 14.4. The zero-order valence-corrected chi connectivity index (χ0v) is 13.4. The van der Waals surface area contributed by atoms with Crippen LogP contribution in [0.1, 0.15) is 16.8 Å². The van der Waals surface area contributed by atoms with Gasteiger partial charge in [-0.1, -0.05) is 12.1 Å². The lowest BCUT2D eigenvalue weighted by Crippen LogP contribution is -2.15. The summed E-state index contributed by atoms with van der Waals surface area (Å²) in [6.07, 6.45) is -0.0479. The molecule has 3 aromatic heterocycles. The third-order valence-corrected chi connectivity index (χ3v) is 4.07. The van der Waals surface area contributed by atoms with Gasteiger partial charge in [-0.05, 0) is 25.1 Å². The highest BCUT2D eigenvalue weighted by Gasteiger charge is 2.40. The zero-order valence-electron chi connectivity index (χ0n) is 13.4. The molecule has 0 fully saturated rings. The molecule has 3 aromatic rings. The molecule has 0 bridgehead atoms. The van der Waals surface area contributed by atoms with E-state index < -0.39 is 23.2 Å². The van der Waals surface area contributed by atoms with E-state index in [9.17, 15) is 17.6 Å². The van der Waals surface area contributed by atoms with Crippen LogP contribution in [0, 0.1) is 12.9 Å². The number of rotatable bonds is 1. The van der Waals surface area contributed by atoms with Gasteiger partial charge in [0.15, 0.2) is 0 Å². The number of halogens is 4. The van der Waals surface area contributed by atoms with Gasteiger partial charge >= 0.3 is 6.18 Å². The van der Waals surface area contributed by atoms with Crippen molar-refractivity contribution >= 4 is 17.0 Å². The quantitative estimate of drug-likeness (QED) is 0.471. The minimum Gasteiger partial charge on any atom is -0.488 e. The largest absolute Gasteiger partial charge is 0.488 e. The predicted molar refractivity (Wildman–Crippen MR) is 87.0 cm³/mol. The van der Waals surface area contributed by atoms with Crippen molar-refractivity contribution in [2.75, 3.05) is 6.61 Å². The predicted octanol–water partition coefficient (Wildman–Crippen LogP) is 4.56. The molecule has 0 radical (unpaired) electrons. The van der Waals surface area contributed by atoms with Gasteiger partial charge in [-0.3, -0.25) is 9.97 Å². The van der Waals surface area contributed by atoms with E-state index in [0.29, 0.717) is 11.3 Å². The molecule has 0 spiro atoms. The number of pyridine rings is 3. The molecule has 0 aliphatic carbocycles. The van der Waals surface area contributed by atoms with Crippen molar-refractivity contribution in [1.82, 2.24) is 15.0 Å². The van der Waals surface area contributed by atoms with Crippen LogP contribution in [0.2, 0.25) is 0 Å². The van der Waals surface area contributed by atoms with Crippen LogP contribution in [-0.4, -0.2) is 21.6 Å². The van der Waals surface area contributed by atoms with E-state index in [1.54, 1.807) is 37.3 Å². The van der Waals surface area contributed by atoms with Crippen LogP contribution in [0.4, 0.5) is 17.6 Å². The first kappa shape index (κ1) is 16.4. The van der Waals surface area contributed by atoms with Crippen LogP contribution in [0.5, 0.6) is 5.75 Å². The molecule has 0 aromatic carbocycles. The fourth-order valence-electron chi connectivity index (χ4n) is 2.98. The second-order valence-electron chi connectivity index (χ2n) is 5.72. The Labute approximate surface area is 145 Å². The fourth-order valence-corrected chi connectivity index (χ4v) is 2.98. The Balaban J connectivity index is 2.22. The van der Waals surface area contributed by atoms with E-state index in [4.69, 9.17) is 4.74 Å². The first-order valence-electron chi connectivity index (χ1n) is 7.69. The van der Waals surface area contributed by atoms with E-state index in [1.807, 2.05) is 0 Å². The average Bonchev–Trinajstić information content (AvgIpc) is 2.60. The van der Waals surface area contributed by atoms with E-state index in [0.717, 1.165) is 0 Å². The van der Waals surface area contributed by atoms with Crippen LogP contribution < -0.4 is 4.74 Å². The Morgan fingerprint density at radius 2 is 1.96 bits per heavy atom. The molecule has 4 heterocycles. The highest BCUT2D eigenvalue weighted by molar-refractivity contribution is 6.01. The summed E-state index contributed by atoms with van der Waals surface area (Å²) in [5, 5.41) is 0.00220. The van der Waals surface area contributed by atoms with Crippen molar-refractivity contribution in [2.24, 2.45) is 0 Å². The number of nitrogens with zero attached hydrogens (tertiary/aromatic N) is 3. The molecule has 26 heavy (non-hydrogen) atoms. The molecule has 4 nitrogen and oxygen atoms in total. The Morgan fingerprint density at radius 3 is 2.65 bits per heavy atom. The molecule has 0 atom stereocenters. The first-order valence-corrected chi connectivity index (χ1v) is 7.69. The summed E-state index contributed by atoms with van der Waals surface area (Å²) in [4.78, 5) is 11.7. The van der Waals surface area contributed by atoms with Crippen LogP contribution in [-0.2, 0) is 6.18 Å². The lowest BCUT2D eigenvalue weighted by molar-refractivity contribution is -0.139. The van der Waals surface area contributed by atoms with Crippen molar-refractivity contribution < 1.29 is 22.3 Å². The maximum absolute atomic E-state index is 14.4. The zero-order chi connectivity index (χ0) is 18.5. The van der Waals surface area contributed by atoms with Gasteiger partial charge in [-0.2, -0.15) is 17.6 Å². The molecular weight excluding hydrogens is 350 g/mol. The molecule has 4 rings (SSSR count). The van der Waals surface area contributed by atoms with Crippen LogP contribution in [0.15, 0.2) is 30.5 Å². The van der Waals surface area contributed by atoms with E-state index in [1.165, 1.54) is 6.20 Å². The normalized spacial score (nSPS) is 13.6. The summed E-state index contributed by atoms with van der Waals surface area (Å²) in [7, 11) is 0. The Bertz CT molecular complexity index is 1050. The number of hydrogen-bond acceptors (Lipinski definition) is 4. The molecule has 1 aliphatic heterocycles. The summed E-state index contributed by atoms with van der Waals surface area (Å²) in [5.41, 5.74) is -0.983. The second kappa shape index (κ2) is 5.76. The van der Waals surface area contributed by atoms with Crippen molar-refractivity contribution in [3.63, 3.8) is 0 Å². The molecule has 0 amide bonds. The standard InChI is InChI=1S/C18H11F4N3O/c1-9-10-5-4-8-26-16(10)12-14(11-6-2-3-7-23-11)25-17(19)13(15(12)24-9)18(20,21)22/h2-7H,8H2,1H3. The van der Waals surface area contributed by atoms with Crippen LogP contribution >= 0.6 is 0 Å². The molecule has 1 aliphatic rings. The van der Waals surface area contributed by atoms with Gasteiger partial charge in [0.05, 0.1) is 16.6 Å². The average molecular weight is 361 g/mol. The number of ether oxygens (including phenoxy) is 1. The third-order valence-electron chi connectivity index (χ3n) is 4.07. The first-order chi connectivity index (χ1) is 12.4. The number of aryl methyl sites for hydroxylation is 1. The van der Waals surface area contributed by atoms with Gasteiger partial charge in [0, 0.05) is 17.5 Å². The lowest BCUT2D eigenvalue weighted by Gasteiger charge is -2.20. The van der Waals surface area contributed by atoms with E-state index in [-0.39, 0.29) is 29.1 Å². The Hall–Kier alpha value is -3.03. The van der Waals surface area contributed by atoms with Crippen LogP contribution in [0.25, 0.3) is 28.4 Å². The van der Waals surface area contributed by atoms with Crippen molar-refractivity contribution in [3.8, 4) is 17.1 Å². The minimum atomic E-state index is -4.95. The van der Waals surface area contributed by atoms with Gasteiger partial charge in [-0.15, -0.1) is 0 Å². The van der Waals surface area contributed by atoms with Gasteiger partial charge in [0.2, 0.25) is 5.95 Å². The Kier molecular flexibility index (Phi) is 3.64. The van der Waals surface area contributed by atoms with E-state index >= 15 is 0 Å². The molecule has 0 saturated heterocycles. The Morgan fingerprint density at radius 1 is 1.15 bits per heavy atom. The molecule has 0 unspecified atom stereocenters. The number of aromatic nitrogens is 3. The van der Waals surface area contributed by atoms with E-state index in [2.05, 4.69) is 15.0 Å². The highest BCUT2D eigenvalue weighted by Crippen LogP contribution is 2.44. The lowest BCUT2D eigenvalue weighted by atomic mass is 10.0. The van der Waals surface area contributed by atoms with Gasteiger partial charge in [0.25, 0.3) is 0 Å². The van der Waals surface area contributed by atoms with Crippen LogP contribution in [0.3, 0.4) is 0 Å². The third kappa shape index (κ3) is 2.49. The fraction of sp³-hybridized carbons (Fsp3) is 0.167. The number of alkyl halides is 3. The minimum absolute atomic E-state index is 0.00220. The summed E-state index contributed by atoms with van der Waals surface area (Å²) >= 11 is 0.